The zero-order valence-corrected chi connectivity index (χ0v) is 14.4. The summed E-state index contributed by atoms with van der Waals surface area (Å²) in [5.74, 6) is -1.06. The van der Waals surface area contributed by atoms with Crippen molar-refractivity contribution in [2.24, 2.45) is 11.7 Å². The summed E-state index contributed by atoms with van der Waals surface area (Å²) in [5.41, 5.74) is 6.03. The minimum Gasteiger partial charge on any atom is -0.368 e. The van der Waals surface area contributed by atoms with E-state index in [4.69, 9.17) is 5.73 Å². The van der Waals surface area contributed by atoms with Crippen LogP contribution in [0.5, 0.6) is 0 Å². The number of rotatable bonds is 8. The number of nitrogens with zero attached hydrogens (tertiary/aromatic N) is 4. The van der Waals surface area contributed by atoms with Crippen molar-refractivity contribution in [3.8, 4) is 0 Å². The van der Waals surface area contributed by atoms with E-state index >= 15 is 0 Å². The maximum absolute atomic E-state index is 12.5. The molecule has 0 bridgehead atoms. The van der Waals surface area contributed by atoms with Crippen LogP contribution in [-0.2, 0) is 27.3 Å². The highest BCUT2D eigenvalue weighted by Gasteiger charge is 2.21. The number of aromatic nitrogens is 4. The lowest BCUT2D eigenvalue weighted by Gasteiger charge is -2.14. The molecule has 2 aromatic rings. The first-order valence-corrected chi connectivity index (χ1v) is 8.47. The number of tetrazole rings is 1. The number of primary amides is 1. The molecule has 1 atom stereocenters. The molecule has 10 heteroatoms. The summed E-state index contributed by atoms with van der Waals surface area (Å²) in [6.45, 7) is 1.23. The Hall–Kier alpha value is -2.75. The van der Waals surface area contributed by atoms with Crippen LogP contribution in [0.3, 0.4) is 0 Å². The molecule has 0 aliphatic carbocycles. The van der Waals surface area contributed by atoms with Crippen molar-refractivity contribution in [3.63, 3.8) is 0 Å². The Balaban J connectivity index is 2.04. The van der Waals surface area contributed by atoms with Gasteiger partial charge in [0.05, 0.1) is 5.92 Å². The maximum atomic E-state index is 12.5. The van der Waals surface area contributed by atoms with Crippen LogP contribution in [0.4, 0.5) is 5.95 Å². The summed E-state index contributed by atoms with van der Waals surface area (Å²) in [7, 11) is 0. The van der Waals surface area contributed by atoms with Gasteiger partial charge in [0.2, 0.25) is 11.8 Å². The molecule has 0 fully saturated rings. The van der Waals surface area contributed by atoms with Gasteiger partial charge < -0.3 is 5.73 Å². The van der Waals surface area contributed by atoms with E-state index in [-0.39, 0.29) is 23.5 Å². The van der Waals surface area contributed by atoms with E-state index in [1.807, 2.05) is 30.3 Å². The molecule has 2 rings (SSSR count). The van der Waals surface area contributed by atoms with Crippen LogP contribution in [0.1, 0.15) is 12.5 Å². The monoisotopic (exact) mass is 362 g/mol. The molecule has 9 nitrogen and oxygen atoms in total. The van der Waals surface area contributed by atoms with Crippen molar-refractivity contribution in [2.45, 2.75) is 19.9 Å². The van der Waals surface area contributed by atoms with Crippen molar-refractivity contribution < 1.29 is 14.4 Å². The Morgan fingerprint density at radius 2 is 2.00 bits per heavy atom. The fourth-order valence-electron chi connectivity index (χ4n) is 2.06. The number of hydrogen-bond donors (Lipinski definition) is 2. The van der Waals surface area contributed by atoms with Gasteiger partial charge >= 0.3 is 0 Å². The third-order valence-electron chi connectivity index (χ3n) is 3.17. The first kappa shape index (κ1) is 18.6. The van der Waals surface area contributed by atoms with E-state index in [9.17, 15) is 14.4 Å². The van der Waals surface area contributed by atoms with Crippen LogP contribution in [-0.4, -0.2) is 42.9 Å². The number of carbonyl (C=O) groups is 3. The zero-order valence-electron chi connectivity index (χ0n) is 13.6. The largest absolute Gasteiger partial charge is 0.368 e. The second-order valence-corrected chi connectivity index (χ2v) is 6.49. The fourth-order valence-corrected chi connectivity index (χ4v) is 2.76. The van der Waals surface area contributed by atoms with Crippen LogP contribution in [0.15, 0.2) is 30.3 Å². The highest BCUT2D eigenvalue weighted by atomic mass is 32.2. The summed E-state index contributed by atoms with van der Waals surface area (Å²) < 4.78 is 0. The van der Waals surface area contributed by atoms with Gasteiger partial charge in [-0.2, -0.15) is 4.80 Å². The predicted molar refractivity (Wildman–Crippen MR) is 92.4 cm³/mol. The van der Waals surface area contributed by atoms with Gasteiger partial charge in [0, 0.05) is 12.7 Å². The minimum atomic E-state index is -0.616. The molecule has 132 valence electrons. The van der Waals surface area contributed by atoms with Crippen LogP contribution >= 0.6 is 11.8 Å². The molecule has 0 aliphatic rings. The number of amides is 2. The quantitative estimate of drug-likeness (QED) is 0.687. The standard InChI is InChI=1S/C15H18N6O3S/c1-10(22)25-9-12(7-11-5-3-2-4-6-11)14(24)17-15-18-20-21(19-15)8-13(16)23/h2-6,12H,7-9H2,1H3,(H2,16,23)(H,17,19,24)/t12-/m1/s1. The molecule has 0 aliphatic heterocycles. The van der Waals surface area contributed by atoms with Crippen molar-refractivity contribution in [1.82, 2.24) is 20.2 Å². The Morgan fingerprint density at radius 1 is 1.28 bits per heavy atom. The first-order chi connectivity index (χ1) is 11.9. The molecule has 0 radical (unpaired) electrons. The van der Waals surface area contributed by atoms with E-state index in [1.165, 1.54) is 6.92 Å². The van der Waals surface area contributed by atoms with Gasteiger partial charge in [-0.05, 0) is 17.2 Å². The Labute approximate surface area is 148 Å². The number of benzene rings is 1. The predicted octanol–water partition coefficient (Wildman–Crippen LogP) is 0.235. The Morgan fingerprint density at radius 3 is 2.64 bits per heavy atom. The molecule has 0 spiro atoms. The van der Waals surface area contributed by atoms with Crippen LogP contribution < -0.4 is 11.1 Å². The van der Waals surface area contributed by atoms with Gasteiger partial charge in [0.25, 0.3) is 5.95 Å². The van der Waals surface area contributed by atoms with Gasteiger partial charge in [-0.3, -0.25) is 19.7 Å². The van der Waals surface area contributed by atoms with Crippen molar-refractivity contribution >= 4 is 34.6 Å². The lowest BCUT2D eigenvalue weighted by atomic mass is 10.0. The summed E-state index contributed by atoms with van der Waals surface area (Å²) in [4.78, 5) is 35.6. The van der Waals surface area contributed by atoms with Crippen LogP contribution in [0, 0.1) is 5.92 Å². The van der Waals surface area contributed by atoms with E-state index in [0.29, 0.717) is 12.2 Å². The average molecular weight is 362 g/mol. The van der Waals surface area contributed by atoms with Gasteiger partial charge in [-0.15, -0.1) is 5.10 Å². The highest BCUT2D eigenvalue weighted by molar-refractivity contribution is 8.13. The molecule has 25 heavy (non-hydrogen) atoms. The molecule has 1 aromatic carbocycles. The van der Waals surface area contributed by atoms with E-state index in [0.717, 1.165) is 22.1 Å². The van der Waals surface area contributed by atoms with E-state index in [1.54, 1.807) is 0 Å². The summed E-state index contributed by atoms with van der Waals surface area (Å²) in [6, 6.07) is 9.50. The second-order valence-electron chi connectivity index (χ2n) is 5.29. The molecule has 1 heterocycles. The average Bonchev–Trinajstić information content (AvgIpc) is 2.98. The van der Waals surface area contributed by atoms with E-state index in [2.05, 4.69) is 20.7 Å². The van der Waals surface area contributed by atoms with Crippen molar-refractivity contribution in [1.29, 1.82) is 0 Å². The highest BCUT2D eigenvalue weighted by Crippen LogP contribution is 2.17. The fraction of sp³-hybridized carbons (Fsp3) is 0.333. The first-order valence-electron chi connectivity index (χ1n) is 7.48. The third kappa shape index (κ3) is 6.34. The van der Waals surface area contributed by atoms with Crippen molar-refractivity contribution in [3.05, 3.63) is 35.9 Å². The summed E-state index contributed by atoms with van der Waals surface area (Å²) >= 11 is 1.09. The number of thioether (sulfide) groups is 1. The second kappa shape index (κ2) is 8.92. The molecule has 0 saturated heterocycles. The minimum absolute atomic E-state index is 0.0165. The number of anilines is 1. The lowest BCUT2D eigenvalue weighted by Crippen LogP contribution is -2.27. The Bertz CT molecular complexity index is 749. The van der Waals surface area contributed by atoms with Gasteiger partial charge in [-0.25, -0.2) is 0 Å². The zero-order chi connectivity index (χ0) is 18.2. The normalized spacial score (nSPS) is 11.7. The summed E-state index contributed by atoms with van der Waals surface area (Å²) in [5, 5.41) is 13.7. The molecular formula is C15H18N6O3S. The molecule has 0 saturated carbocycles. The topological polar surface area (TPSA) is 133 Å². The van der Waals surface area contributed by atoms with Gasteiger partial charge in [0.1, 0.15) is 6.54 Å². The van der Waals surface area contributed by atoms with E-state index < -0.39 is 11.8 Å². The third-order valence-corrected chi connectivity index (χ3v) is 4.14. The van der Waals surface area contributed by atoms with Gasteiger partial charge in [-0.1, -0.05) is 47.2 Å². The van der Waals surface area contributed by atoms with Crippen LogP contribution in [0.25, 0.3) is 0 Å². The molecule has 2 amide bonds. The Kier molecular flexibility index (Phi) is 6.63. The number of nitrogens with two attached hydrogens (primary N) is 1. The number of carbonyl (C=O) groups excluding carboxylic acids is 3. The number of nitrogens with one attached hydrogen (secondary N) is 1. The lowest BCUT2D eigenvalue weighted by molar-refractivity contribution is -0.119. The smallest absolute Gasteiger partial charge is 0.270 e. The SMILES string of the molecule is CC(=O)SC[C@@H](Cc1ccccc1)C(=O)Nc1nnn(CC(N)=O)n1. The molecule has 0 unspecified atom stereocenters. The number of hydrogen-bond acceptors (Lipinski definition) is 7. The summed E-state index contributed by atoms with van der Waals surface area (Å²) in [6.07, 6.45) is 0.475. The molecular weight excluding hydrogens is 344 g/mol. The van der Waals surface area contributed by atoms with Crippen LogP contribution in [0.2, 0.25) is 0 Å². The van der Waals surface area contributed by atoms with Crippen molar-refractivity contribution in [2.75, 3.05) is 11.1 Å². The van der Waals surface area contributed by atoms with Gasteiger partial charge in [0.15, 0.2) is 5.12 Å². The maximum Gasteiger partial charge on any atom is 0.270 e. The molecule has 3 N–H and O–H groups in total. The molecule has 1 aromatic heterocycles.